The van der Waals surface area contributed by atoms with Gasteiger partial charge in [0.15, 0.2) is 5.78 Å². The number of Topliss-reactive ketones (excluding diaryl/α,β-unsaturated/α-hetero) is 1. The van der Waals surface area contributed by atoms with Gasteiger partial charge in [-0.15, -0.1) is 0 Å². The number of anilines is 1. The molecule has 1 aliphatic rings. The first-order valence-corrected chi connectivity index (χ1v) is 10.1. The highest BCUT2D eigenvalue weighted by atomic mass is 19.4. The molecule has 0 unspecified atom stereocenters. The van der Waals surface area contributed by atoms with Gasteiger partial charge in [0.2, 0.25) is 0 Å². The van der Waals surface area contributed by atoms with Gasteiger partial charge in [-0.2, -0.15) is 13.2 Å². The second-order valence-electron chi connectivity index (χ2n) is 7.61. The monoisotopic (exact) mass is 412 g/mol. The first-order chi connectivity index (χ1) is 14.4. The summed E-state index contributed by atoms with van der Waals surface area (Å²) in [6.45, 7) is 3.72. The van der Waals surface area contributed by atoms with Gasteiger partial charge in [-0.3, -0.25) is 9.69 Å². The second kappa shape index (κ2) is 8.48. The van der Waals surface area contributed by atoms with Crippen molar-refractivity contribution < 1.29 is 18.0 Å². The summed E-state index contributed by atoms with van der Waals surface area (Å²) in [5, 5.41) is 2.18. The zero-order valence-corrected chi connectivity index (χ0v) is 16.5. The predicted octanol–water partition coefficient (Wildman–Crippen LogP) is 5.25. The molecule has 0 N–H and O–H groups in total. The standard InChI is InChI=1S/C24H23F3N2O/c25-24(26,27)21-7-9-22(10-8-21)29-15-13-28(14-16-29)12-11-23(30)20-6-5-18-3-1-2-4-19(18)17-20/h1-10,17H,11-16H2. The van der Waals surface area contributed by atoms with E-state index in [0.717, 1.165) is 60.3 Å². The molecule has 0 amide bonds. The van der Waals surface area contributed by atoms with E-state index in [9.17, 15) is 18.0 Å². The summed E-state index contributed by atoms with van der Waals surface area (Å²) in [6.07, 6.45) is -3.85. The summed E-state index contributed by atoms with van der Waals surface area (Å²) in [6, 6.07) is 19.1. The van der Waals surface area contributed by atoms with E-state index in [1.54, 1.807) is 0 Å². The Morgan fingerprint density at radius 1 is 0.833 bits per heavy atom. The maximum absolute atomic E-state index is 12.7. The summed E-state index contributed by atoms with van der Waals surface area (Å²) in [5.74, 6) is 0.130. The number of halogens is 3. The highest BCUT2D eigenvalue weighted by Crippen LogP contribution is 2.30. The molecule has 0 aromatic heterocycles. The topological polar surface area (TPSA) is 23.6 Å². The third-order valence-corrected chi connectivity index (χ3v) is 5.66. The molecule has 3 nitrogen and oxygen atoms in total. The molecule has 0 atom stereocenters. The Bertz CT molecular complexity index is 1020. The summed E-state index contributed by atoms with van der Waals surface area (Å²) in [5.41, 5.74) is 0.907. The molecule has 3 aromatic carbocycles. The lowest BCUT2D eigenvalue weighted by Gasteiger charge is -2.36. The number of alkyl halides is 3. The molecule has 156 valence electrons. The maximum Gasteiger partial charge on any atom is 0.416 e. The lowest BCUT2D eigenvalue weighted by molar-refractivity contribution is -0.137. The van der Waals surface area contributed by atoms with Crippen LogP contribution in [-0.2, 0) is 6.18 Å². The molecule has 0 bridgehead atoms. The number of carbonyl (C=O) groups excluding carboxylic acids is 1. The van der Waals surface area contributed by atoms with Crippen LogP contribution in [0.2, 0.25) is 0 Å². The molecule has 30 heavy (non-hydrogen) atoms. The third kappa shape index (κ3) is 4.65. The Kier molecular flexibility index (Phi) is 5.77. The zero-order chi connectivity index (χ0) is 21.1. The van der Waals surface area contributed by atoms with Crippen molar-refractivity contribution >= 4 is 22.2 Å². The van der Waals surface area contributed by atoms with E-state index in [-0.39, 0.29) is 5.78 Å². The lowest BCUT2D eigenvalue weighted by Crippen LogP contribution is -2.46. The number of piperazine rings is 1. The van der Waals surface area contributed by atoms with Gasteiger partial charge in [0.1, 0.15) is 0 Å². The Labute approximate surface area is 173 Å². The van der Waals surface area contributed by atoms with E-state index in [1.165, 1.54) is 12.1 Å². The largest absolute Gasteiger partial charge is 0.416 e. The average molecular weight is 412 g/mol. The van der Waals surface area contributed by atoms with Gasteiger partial charge < -0.3 is 4.90 Å². The molecule has 3 aromatic rings. The van der Waals surface area contributed by atoms with Crippen LogP contribution in [0.3, 0.4) is 0 Å². The molecule has 0 spiro atoms. The van der Waals surface area contributed by atoms with E-state index in [4.69, 9.17) is 0 Å². The van der Waals surface area contributed by atoms with Crippen LogP contribution in [0.4, 0.5) is 18.9 Å². The van der Waals surface area contributed by atoms with Crippen LogP contribution >= 0.6 is 0 Å². The average Bonchev–Trinajstić information content (AvgIpc) is 2.77. The van der Waals surface area contributed by atoms with Crippen LogP contribution in [0.1, 0.15) is 22.3 Å². The number of benzene rings is 3. The lowest BCUT2D eigenvalue weighted by atomic mass is 10.0. The van der Waals surface area contributed by atoms with Gasteiger partial charge in [-0.05, 0) is 41.1 Å². The van der Waals surface area contributed by atoms with Gasteiger partial charge in [-0.1, -0.05) is 36.4 Å². The molecule has 4 rings (SSSR count). The van der Waals surface area contributed by atoms with Crippen molar-refractivity contribution in [1.82, 2.24) is 4.90 Å². The number of fused-ring (bicyclic) bond motifs is 1. The summed E-state index contributed by atoms with van der Waals surface area (Å²) in [4.78, 5) is 16.9. The fourth-order valence-electron chi connectivity index (χ4n) is 3.86. The predicted molar refractivity (Wildman–Crippen MR) is 113 cm³/mol. The number of nitrogens with zero attached hydrogens (tertiary/aromatic N) is 2. The molecule has 1 saturated heterocycles. The summed E-state index contributed by atoms with van der Waals surface area (Å²) < 4.78 is 38.1. The van der Waals surface area contributed by atoms with E-state index in [2.05, 4.69) is 9.80 Å². The van der Waals surface area contributed by atoms with Crippen LogP contribution < -0.4 is 4.90 Å². The normalized spacial score (nSPS) is 15.5. The second-order valence-corrected chi connectivity index (χ2v) is 7.61. The van der Waals surface area contributed by atoms with Crippen LogP contribution in [0.15, 0.2) is 66.7 Å². The van der Waals surface area contributed by atoms with E-state index >= 15 is 0 Å². The quantitative estimate of drug-likeness (QED) is 0.535. The minimum atomic E-state index is -4.31. The number of ketones is 1. The zero-order valence-electron chi connectivity index (χ0n) is 16.5. The molecule has 1 heterocycles. The Hall–Kier alpha value is -2.86. The molecule has 6 heteroatoms. The van der Waals surface area contributed by atoms with Crippen molar-refractivity contribution in [3.05, 3.63) is 77.9 Å². The molecule has 0 aliphatic carbocycles. The molecular formula is C24H23F3N2O. The number of carbonyl (C=O) groups is 1. The van der Waals surface area contributed by atoms with Gasteiger partial charge in [0.05, 0.1) is 5.56 Å². The van der Waals surface area contributed by atoms with Crippen LogP contribution in [-0.4, -0.2) is 43.4 Å². The van der Waals surface area contributed by atoms with Gasteiger partial charge >= 0.3 is 6.18 Å². The fourth-order valence-corrected chi connectivity index (χ4v) is 3.86. The number of hydrogen-bond acceptors (Lipinski definition) is 3. The van der Waals surface area contributed by atoms with Crippen molar-refractivity contribution in [2.75, 3.05) is 37.6 Å². The highest BCUT2D eigenvalue weighted by Gasteiger charge is 2.30. The van der Waals surface area contributed by atoms with Crippen LogP contribution in [0.25, 0.3) is 10.8 Å². The van der Waals surface area contributed by atoms with Crippen molar-refractivity contribution in [3.63, 3.8) is 0 Å². The minimum Gasteiger partial charge on any atom is -0.369 e. The molecule has 1 aliphatic heterocycles. The van der Waals surface area contributed by atoms with Gasteiger partial charge in [-0.25, -0.2) is 0 Å². The summed E-state index contributed by atoms with van der Waals surface area (Å²) in [7, 11) is 0. The molecule has 1 fully saturated rings. The van der Waals surface area contributed by atoms with Crippen LogP contribution in [0.5, 0.6) is 0 Å². The van der Waals surface area contributed by atoms with Crippen molar-refractivity contribution in [3.8, 4) is 0 Å². The SMILES string of the molecule is O=C(CCN1CCN(c2ccc(C(F)(F)F)cc2)CC1)c1ccc2ccccc2c1. The molecule has 0 saturated carbocycles. The van der Waals surface area contributed by atoms with Crippen molar-refractivity contribution in [1.29, 1.82) is 0 Å². The summed E-state index contributed by atoms with van der Waals surface area (Å²) >= 11 is 0. The molecular weight excluding hydrogens is 389 g/mol. The van der Waals surface area contributed by atoms with Gasteiger partial charge in [0.25, 0.3) is 0 Å². The third-order valence-electron chi connectivity index (χ3n) is 5.66. The molecule has 0 radical (unpaired) electrons. The Balaban J connectivity index is 1.28. The smallest absolute Gasteiger partial charge is 0.369 e. The fraction of sp³-hybridized carbons (Fsp3) is 0.292. The van der Waals surface area contributed by atoms with Crippen molar-refractivity contribution in [2.24, 2.45) is 0 Å². The van der Waals surface area contributed by atoms with Crippen LogP contribution in [0, 0.1) is 0 Å². The highest BCUT2D eigenvalue weighted by molar-refractivity contribution is 6.00. The van der Waals surface area contributed by atoms with E-state index < -0.39 is 11.7 Å². The van der Waals surface area contributed by atoms with E-state index in [0.29, 0.717) is 13.0 Å². The van der Waals surface area contributed by atoms with E-state index in [1.807, 2.05) is 42.5 Å². The number of rotatable bonds is 5. The Morgan fingerprint density at radius 3 is 2.17 bits per heavy atom. The minimum absolute atomic E-state index is 0.130. The maximum atomic E-state index is 12.7. The van der Waals surface area contributed by atoms with Gasteiger partial charge in [0, 0.05) is 50.4 Å². The number of hydrogen-bond donors (Lipinski definition) is 0. The van der Waals surface area contributed by atoms with Crippen molar-refractivity contribution in [2.45, 2.75) is 12.6 Å². The first kappa shape index (κ1) is 20.4. The Morgan fingerprint density at radius 2 is 1.50 bits per heavy atom. The first-order valence-electron chi connectivity index (χ1n) is 10.1.